The van der Waals surface area contributed by atoms with Crippen molar-refractivity contribution in [3.63, 3.8) is 0 Å². The topological polar surface area (TPSA) is 42.7 Å². The molecule has 5 nitrogen and oxygen atoms in total. The fourth-order valence-corrected chi connectivity index (χ4v) is 3.10. The van der Waals surface area contributed by atoms with Gasteiger partial charge in [-0.3, -0.25) is 5.01 Å². The summed E-state index contributed by atoms with van der Waals surface area (Å²) in [5.41, 5.74) is 3.99. The second-order valence-corrected chi connectivity index (χ2v) is 6.95. The van der Waals surface area contributed by atoms with Gasteiger partial charge in [0.15, 0.2) is 0 Å². The standard InChI is InChI=1S/C20H19BrN4O/c21-18-8-6-16(7-9-18)20-17(14-22-24-10-12-26-13-11-24)15-25(23-20)19-4-2-1-3-5-19/h1-9,14-15H,10-13H2/b22-14-. The van der Waals surface area contributed by atoms with Crippen LogP contribution in [-0.4, -0.2) is 47.3 Å². The predicted molar refractivity (Wildman–Crippen MR) is 107 cm³/mol. The van der Waals surface area contributed by atoms with Gasteiger partial charge in [-0.05, 0) is 24.3 Å². The first-order valence-corrected chi connectivity index (χ1v) is 9.36. The number of rotatable bonds is 4. The van der Waals surface area contributed by atoms with Crippen molar-refractivity contribution in [1.82, 2.24) is 14.8 Å². The Labute approximate surface area is 161 Å². The number of morpholine rings is 1. The molecule has 0 aliphatic carbocycles. The SMILES string of the molecule is Brc1ccc(-c2nn(-c3ccccc3)cc2/C=N\N2CCOCC2)cc1. The molecule has 1 aliphatic rings. The monoisotopic (exact) mass is 410 g/mol. The van der Waals surface area contributed by atoms with Crippen molar-refractivity contribution in [2.45, 2.75) is 0 Å². The smallest absolute Gasteiger partial charge is 0.102 e. The zero-order chi connectivity index (χ0) is 17.8. The van der Waals surface area contributed by atoms with Crippen molar-refractivity contribution in [3.8, 4) is 16.9 Å². The highest BCUT2D eigenvalue weighted by molar-refractivity contribution is 9.10. The highest BCUT2D eigenvalue weighted by atomic mass is 79.9. The molecule has 2 aromatic carbocycles. The van der Waals surface area contributed by atoms with E-state index in [1.807, 2.05) is 64.6 Å². The summed E-state index contributed by atoms with van der Waals surface area (Å²) in [6.45, 7) is 3.08. The van der Waals surface area contributed by atoms with Crippen LogP contribution in [0.25, 0.3) is 16.9 Å². The summed E-state index contributed by atoms with van der Waals surface area (Å²) >= 11 is 3.49. The maximum absolute atomic E-state index is 5.38. The number of aromatic nitrogens is 2. The molecule has 0 N–H and O–H groups in total. The number of hydrogen-bond donors (Lipinski definition) is 0. The molecule has 1 saturated heterocycles. The van der Waals surface area contributed by atoms with Crippen molar-refractivity contribution in [2.24, 2.45) is 5.10 Å². The van der Waals surface area contributed by atoms with Crippen molar-refractivity contribution < 1.29 is 4.74 Å². The molecular formula is C20H19BrN4O. The van der Waals surface area contributed by atoms with Gasteiger partial charge < -0.3 is 4.74 Å². The lowest BCUT2D eigenvalue weighted by Crippen LogP contribution is -2.32. The van der Waals surface area contributed by atoms with Gasteiger partial charge in [-0.1, -0.05) is 46.3 Å². The van der Waals surface area contributed by atoms with Crippen molar-refractivity contribution in [2.75, 3.05) is 26.3 Å². The minimum absolute atomic E-state index is 0.722. The van der Waals surface area contributed by atoms with E-state index in [2.05, 4.69) is 33.2 Å². The van der Waals surface area contributed by atoms with E-state index in [0.29, 0.717) is 0 Å². The first kappa shape index (κ1) is 17.0. The van der Waals surface area contributed by atoms with Gasteiger partial charge in [0, 0.05) is 21.8 Å². The van der Waals surface area contributed by atoms with E-state index < -0.39 is 0 Å². The summed E-state index contributed by atoms with van der Waals surface area (Å²) in [5.74, 6) is 0. The molecule has 0 spiro atoms. The second-order valence-electron chi connectivity index (χ2n) is 6.03. The molecule has 6 heteroatoms. The Bertz CT molecular complexity index is 884. The summed E-state index contributed by atoms with van der Waals surface area (Å²) in [5, 5.41) is 11.5. The van der Waals surface area contributed by atoms with Crippen LogP contribution in [0.4, 0.5) is 0 Å². The van der Waals surface area contributed by atoms with Crippen molar-refractivity contribution in [1.29, 1.82) is 0 Å². The average Bonchev–Trinajstić information content (AvgIpc) is 3.13. The lowest BCUT2D eigenvalue weighted by Gasteiger charge is -2.23. The summed E-state index contributed by atoms with van der Waals surface area (Å²) < 4.78 is 8.33. The van der Waals surface area contributed by atoms with E-state index >= 15 is 0 Å². The molecule has 0 amide bonds. The molecule has 0 radical (unpaired) electrons. The number of hydrogen-bond acceptors (Lipinski definition) is 4. The number of benzene rings is 2. The highest BCUT2D eigenvalue weighted by Gasteiger charge is 2.12. The first-order valence-electron chi connectivity index (χ1n) is 8.57. The van der Waals surface area contributed by atoms with E-state index in [0.717, 1.165) is 53.3 Å². The molecule has 26 heavy (non-hydrogen) atoms. The normalized spacial score (nSPS) is 14.9. The zero-order valence-corrected chi connectivity index (χ0v) is 15.8. The molecule has 0 saturated carbocycles. The van der Waals surface area contributed by atoms with Gasteiger partial charge >= 0.3 is 0 Å². The fourth-order valence-electron chi connectivity index (χ4n) is 2.84. The molecule has 0 atom stereocenters. The summed E-state index contributed by atoms with van der Waals surface area (Å²) in [6.07, 6.45) is 3.92. The third kappa shape index (κ3) is 3.86. The fraction of sp³-hybridized carbons (Fsp3) is 0.200. The summed E-state index contributed by atoms with van der Waals surface area (Å²) in [7, 11) is 0. The lowest BCUT2D eigenvalue weighted by atomic mass is 10.1. The predicted octanol–water partition coefficient (Wildman–Crippen LogP) is 3.97. The first-order chi connectivity index (χ1) is 12.8. The van der Waals surface area contributed by atoms with E-state index in [4.69, 9.17) is 9.84 Å². The molecule has 1 fully saturated rings. The molecule has 1 aromatic heterocycles. The van der Waals surface area contributed by atoms with Gasteiger partial charge in [-0.2, -0.15) is 10.2 Å². The quantitative estimate of drug-likeness (QED) is 0.611. The maximum Gasteiger partial charge on any atom is 0.102 e. The van der Waals surface area contributed by atoms with Crippen molar-refractivity contribution in [3.05, 3.63) is 70.8 Å². The Morgan fingerprint density at radius 1 is 1.00 bits per heavy atom. The minimum Gasteiger partial charge on any atom is -0.378 e. The molecule has 3 aromatic rings. The second kappa shape index (κ2) is 7.85. The molecular weight excluding hydrogens is 392 g/mol. The molecule has 0 bridgehead atoms. The Kier molecular flexibility index (Phi) is 5.13. The van der Waals surface area contributed by atoms with Crippen LogP contribution < -0.4 is 0 Å². The summed E-state index contributed by atoms with van der Waals surface area (Å²) in [6, 6.07) is 18.3. The number of hydrazone groups is 1. The van der Waals surface area contributed by atoms with Crippen LogP contribution in [0.5, 0.6) is 0 Å². The Morgan fingerprint density at radius 2 is 1.73 bits per heavy atom. The van der Waals surface area contributed by atoms with Gasteiger partial charge in [-0.25, -0.2) is 4.68 Å². The Morgan fingerprint density at radius 3 is 2.46 bits per heavy atom. The Balaban J connectivity index is 1.71. The number of para-hydroxylation sites is 1. The molecule has 4 rings (SSSR count). The largest absolute Gasteiger partial charge is 0.378 e. The van der Waals surface area contributed by atoms with E-state index in [1.165, 1.54) is 0 Å². The van der Waals surface area contributed by atoms with Crippen molar-refractivity contribution >= 4 is 22.1 Å². The van der Waals surface area contributed by atoms with Crippen LogP contribution in [-0.2, 0) is 4.74 Å². The molecule has 0 unspecified atom stereocenters. The van der Waals surface area contributed by atoms with Crippen LogP contribution in [0.2, 0.25) is 0 Å². The third-order valence-electron chi connectivity index (χ3n) is 4.23. The van der Waals surface area contributed by atoms with Crippen LogP contribution in [0.15, 0.2) is 70.4 Å². The zero-order valence-electron chi connectivity index (χ0n) is 14.3. The lowest BCUT2D eigenvalue weighted by molar-refractivity contribution is 0.0397. The molecule has 1 aliphatic heterocycles. The van der Waals surface area contributed by atoms with E-state index in [9.17, 15) is 0 Å². The van der Waals surface area contributed by atoms with E-state index in [-0.39, 0.29) is 0 Å². The molecule has 132 valence electrons. The van der Waals surface area contributed by atoms with Crippen LogP contribution in [0, 0.1) is 0 Å². The van der Waals surface area contributed by atoms with Gasteiger partial charge in [0.05, 0.1) is 38.2 Å². The summed E-state index contributed by atoms with van der Waals surface area (Å²) in [4.78, 5) is 0. The van der Waals surface area contributed by atoms with Gasteiger partial charge in [-0.15, -0.1) is 0 Å². The van der Waals surface area contributed by atoms with Crippen LogP contribution in [0.1, 0.15) is 5.56 Å². The highest BCUT2D eigenvalue weighted by Crippen LogP contribution is 2.24. The number of nitrogens with zero attached hydrogens (tertiary/aromatic N) is 4. The van der Waals surface area contributed by atoms with Crippen LogP contribution >= 0.6 is 15.9 Å². The number of ether oxygens (including phenoxy) is 1. The van der Waals surface area contributed by atoms with Crippen LogP contribution in [0.3, 0.4) is 0 Å². The third-order valence-corrected chi connectivity index (χ3v) is 4.76. The van der Waals surface area contributed by atoms with Gasteiger partial charge in [0.1, 0.15) is 5.69 Å². The molecule has 2 heterocycles. The van der Waals surface area contributed by atoms with Gasteiger partial charge in [0.25, 0.3) is 0 Å². The minimum atomic E-state index is 0.722. The number of halogens is 1. The Hall–Kier alpha value is -2.44. The average molecular weight is 411 g/mol. The van der Waals surface area contributed by atoms with E-state index in [1.54, 1.807) is 0 Å². The van der Waals surface area contributed by atoms with Gasteiger partial charge in [0.2, 0.25) is 0 Å². The maximum atomic E-state index is 5.38.